The van der Waals surface area contributed by atoms with Gasteiger partial charge in [-0.3, -0.25) is 9.59 Å². The van der Waals surface area contributed by atoms with Crippen molar-refractivity contribution in [1.29, 1.82) is 0 Å². The summed E-state index contributed by atoms with van der Waals surface area (Å²) in [5.41, 5.74) is 1.93. The molecule has 0 aromatic heterocycles. The van der Waals surface area contributed by atoms with Crippen molar-refractivity contribution in [2.75, 3.05) is 31.7 Å². The average Bonchev–Trinajstić information content (AvgIpc) is 3.07. The molecule has 0 spiro atoms. The maximum absolute atomic E-state index is 12.4. The molecule has 1 unspecified atom stereocenters. The number of benzene rings is 2. The van der Waals surface area contributed by atoms with E-state index >= 15 is 0 Å². The van der Waals surface area contributed by atoms with Crippen LogP contribution in [0.3, 0.4) is 0 Å². The Morgan fingerprint density at radius 3 is 2.63 bits per heavy atom. The highest BCUT2D eigenvalue weighted by Gasteiger charge is 2.34. The minimum atomic E-state index is -0.334. The fourth-order valence-electron chi connectivity index (χ4n) is 3.09. The molecule has 2 amide bonds. The summed E-state index contributed by atoms with van der Waals surface area (Å²) in [7, 11) is 1.61. The maximum atomic E-state index is 12.4. The van der Waals surface area contributed by atoms with Gasteiger partial charge >= 0.3 is 0 Å². The number of carbonyl (C=O) groups excluding carboxylic acids is 2. The van der Waals surface area contributed by atoms with Crippen molar-refractivity contribution in [3.8, 4) is 11.5 Å². The number of hydrogen-bond acceptors (Lipinski definition) is 4. The van der Waals surface area contributed by atoms with Crippen molar-refractivity contribution in [1.82, 2.24) is 5.32 Å². The van der Waals surface area contributed by atoms with Crippen LogP contribution in [0.1, 0.15) is 12.0 Å². The first-order valence-electron chi connectivity index (χ1n) is 8.98. The Morgan fingerprint density at radius 2 is 1.93 bits per heavy atom. The molecule has 2 aromatic carbocycles. The van der Waals surface area contributed by atoms with E-state index in [2.05, 4.69) is 5.32 Å². The molecule has 1 fully saturated rings. The van der Waals surface area contributed by atoms with E-state index in [-0.39, 0.29) is 24.2 Å². The number of methoxy groups -OCH3 is 1. The van der Waals surface area contributed by atoms with Crippen LogP contribution in [-0.2, 0) is 9.59 Å². The Labute approximate surface area is 159 Å². The minimum Gasteiger partial charge on any atom is -0.497 e. The van der Waals surface area contributed by atoms with Crippen LogP contribution >= 0.6 is 0 Å². The van der Waals surface area contributed by atoms with Gasteiger partial charge in [0.2, 0.25) is 11.8 Å². The number of anilines is 1. The Kier molecular flexibility index (Phi) is 5.96. The van der Waals surface area contributed by atoms with Crippen molar-refractivity contribution in [2.24, 2.45) is 5.92 Å². The third-order valence-corrected chi connectivity index (χ3v) is 4.54. The topological polar surface area (TPSA) is 67.9 Å². The second-order valence-corrected chi connectivity index (χ2v) is 6.56. The van der Waals surface area contributed by atoms with Crippen LogP contribution < -0.4 is 19.7 Å². The smallest absolute Gasteiger partial charge is 0.227 e. The predicted octanol–water partition coefficient (Wildman–Crippen LogP) is 2.55. The molecule has 1 saturated heterocycles. The van der Waals surface area contributed by atoms with E-state index < -0.39 is 0 Å². The highest BCUT2D eigenvalue weighted by atomic mass is 16.5. The molecule has 142 valence electrons. The SMILES string of the molecule is COc1ccc(OCCNC(=O)C2CC(=O)N(c3cccc(C)c3)C2)cc1. The highest BCUT2D eigenvalue weighted by Crippen LogP contribution is 2.25. The zero-order chi connectivity index (χ0) is 19.2. The van der Waals surface area contributed by atoms with Gasteiger partial charge in [-0.05, 0) is 48.9 Å². The molecule has 0 radical (unpaired) electrons. The summed E-state index contributed by atoms with van der Waals surface area (Å²) in [6, 6.07) is 15.0. The van der Waals surface area contributed by atoms with E-state index in [1.54, 1.807) is 12.0 Å². The number of ether oxygens (including phenoxy) is 2. The third-order valence-electron chi connectivity index (χ3n) is 4.54. The molecular weight excluding hydrogens is 344 g/mol. The second-order valence-electron chi connectivity index (χ2n) is 6.56. The normalized spacial score (nSPS) is 16.3. The zero-order valence-corrected chi connectivity index (χ0v) is 15.6. The molecule has 1 aliphatic rings. The highest BCUT2D eigenvalue weighted by molar-refractivity contribution is 6.00. The zero-order valence-electron chi connectivity index (χ0n) is 15.6. The lowest BCUT2D eigenvalue weighted by Crippen LogP contribution is -2.35. The lowest BCUT2D eigenvalue weighted by atomic mass is 10.1. The van der Waals surface area contributed by atoms with Crippen molar-refractivity contribution in [2.45, 2.75) is 13.3 Å². The number of carbonyl (C=O) groups is 2. The van der Waals surface area contributed by atoms with Crippen LogP contribution in [0, 0.1) is 12.8 Å². The summed E-state index contributed by atoms with van der Waals surface area (Å²) in [6.45, 7) is 3.14. The summed E-state index contributed by atoms with van der Waals surface area (Å²) in [4.78, 5) is 26.3. The van der Waals surface area contributed by atoms with Gasteiger partial charge in [0, 0.05) is 18.7 Å². The van der Waals surface area contributed by atoms with Gasteiger partial charge in [-0.2, -0.15) is 0 Å². The summed E-state index contributed by atoms with van der Waals surface area (Å²) < 4.78 is 10.7. The fraction of sp³-hybridized carbons (Fsp3) is 0.333. The van der Waals surface area contributed by atoms with E-state index in [1.165, 1.54) is 0 Å². The molecular formula is C21H24N2O4. The first-order chi connectivity index (χ1) is 13.1. The van der Waals surface area contributed by atoms with Gasteiger partial charge in [0.05, 0.1) is 19.6 Å². The molecule has 3 rings (SSSR count). The minimum absolute atomic E-state index is 0.0183. The average molecular weight is 368 g/mol. The van der Waals surface area contributed by atoms with Gasteiger partial charge in [-0.15, -0.1) is 0 Å². The largest absolute Gasteiger partial charge is 0.497 e. The summed E-state index contributed by atoms with van der Waals surface area (Å²) in [5.74, 6) is 1.01. The first-order valence-corrected chi connectivity index (χ1v) is 8.98. The number of amides is 2. The summed E-state index contributed by atoms with van der Waals surface area (Å²) >= 11 is 0. The lowest BCUT2D eigenvalue weighted by Gasteiger charge is -2.17. The molecule has 0 bridgehead atoms. The quantitative estimate of drug-likeness (QED) is 0.763. The molecule has 1 N–H and O–H groups in total. The van der Waals surface area contributed by atoms with Crippen molar-refractivity contribution < 1.29 is 19.1 Å². The van der Waals surface area contributed by atoms with Gasteiger partial charge in [0.15, 0.2) is 0 Å². The van der Waals surface area contributed by atoms with Crippen LogP contribution in [0.15, 0.2) is 48.5 Å². The molecule has 0 saturated carbocycles. The van der Waals surface area contributed by atoms with Crippen LogP contribution in [-0.4, -0.2) is 38.6 Å². The van der Waals surface area contributed by atoms with Gasteiger partial charge in [-0.1, -0.05) is 12.1 Å². The number of hydrogen-bond donors (Lipinski definition) is 1. The Morgan fingerprint density at radius 1 is 1.19 bits per heavy atom. The number of nitrogens with one attached hydrogen (secondary N) is 1. The van der Waals surface area contributed by atoms with Crippen LogP contribution in [0.5, 0.6) is 11.5 Å². The molecule has 27 heavy (non-hydrogen) atoms. The molecule has 1 atom stereocenters. The maximum Gasteiger partial charge on any atom is 0.227 e. The molecule has 6 heteroatoms. The van der Waals surface area contributed by atoms with E-state index in [4.69, 9.17) is 9.47 Å². The van der Waals surface area contributed by atoms with Crippen molar-refractivity contribution in [3.05, 3.63) is 54.1 Å². The Balaban J connectivity index is 1.45. The molecule has 6 nitrogen and oxygen atoms in total. The van der Waals surface area contributed by atoms with Crippen LogP contribution in [0.4, 0.5) is 5.69 Å². The molecule has 1 aliphatic heterocycles. The fourth-order valence-corrected chi connectivity index (χ4v) is 3.09. The molecule has 0 aliphatic carbocycles. The number of aryl methyl sites for hydroxylation is 1. The monoisotopic (exact) mass is 368 g/mol. The van der Waals surface area contributed by atoms with Crippen molar-refractivity contribution >= 4 is 17.5 Å². The second kappa shape index (κ2) is 8.58. The van der Waals surface area contributed by atoms with E-state index in [0.717, 1.165) is 17.0 Å². The third kappa shape index (κ3) is 4.78. The van der Waals surface area contributed by atoms with Gasteiger partial charge < -0.3 is 19.7 Å². The van der Waals surface area contributed by atoms with Crippen LogP contribution in [0.25, 0.3) is 0 Å². The Bertz CT molecular complexity index is 804. The van der Waals surface area contributed by atoms with E-state index in [9.17, 15) is 9.59 Å². The van der Waals surface area contributed by atoms with Crippen LogP contribution in [0.2, 0.25) is 0 Å². The predicted molar refractivity (Wildman–Crippen MR) is 103 cm³/mol. The summed E-state index contributed by atoms with van der Waals surface area (Å²) in [5, 5.41) is 2.85. The Hall–Kier alpha value is -3.02. The van der Waals surface area contributed by atoms with Gasteiger partial charge in [0.1, 0.15) is 18.1 Å². The molecule has 2 aromatic rings. The molecule has 1 heterocycles. The number of rotatable bonds is 7. The van der Waals surface area contributed by atoms with Gasteiger partial charge in [-0.25, -0.2) is 0 Å². The van der Waals surface area contributed by atoms with E-state index in [1.807, 2.05) is 55.5 Å². The van der Waals surface area contributed by atoms with Gasteiger partial charge in [0.25, 0.3) is 0 Å². The summed E-state index contributed by atoms with van der Waals surface area (Å²) in [6.07, 6.45) is 0.235. The van der Waals surface area contributed by atoms with E-state index in [0.29, 0.717) is 25.4 Å². The number of nitrogens with zero attached hydrogens (tertiary/aromatic N) is 1. The van der Waals surface area contributed by atoms with Crippen molar-refractivity contribution in [3.63, 3.8) is 0 Å². The standard InChI is InChI=1S/C21H24N2O4/c1-15-4-3-5-17(12-15)23-14-16(13-20(23)24)21(25)22-10-11-27-19-8-6-18(26-2)7-9-19/h3-9,12,16H,10-11,13-14H2,1-2H3,(H,22,25). The first kappa shape index (κ1) is 18.8. The lowest BCUT2D eigenvalue weighted by molar-refractivity contribution is -0.126.